The van der Waals surface area contributed by atoms with E-state index >= 15 is 0 Å². The summed E-state index contributed by atoms with van der Waals surface area (Å²) in [7, 11) is -3.73. The molecule has 1 aliphatic heterocycles. The highest BCUT2D eigenvalue weighted by Gasteiger charge is 2.32. The molecule has 0 radical (unpaired) electrons. The number of nitrogens with zero attached hydrogens (tertiary/aromatic N) is 1. The molecule has 1 aromatic heterocycles. The second-order valence-corrected chi connectivity index (χ2v) is 8.40. The van der Waals surface area contributed by atoms with E-state index in [1.165, 1.54) is 28.8 Å². The lowest BCUT2D eigenvalue weighted by Crippen LogP contribution is -2.48. The molecule has 1 saturated heterocycles. The molecule has 8 nitrogen and oxygen atoms in total. The number of amides is 2. The maximum atomic E-state index is 13.0. The van der Waals surface area contributed by atoms with Crippen molar-refractivity contribution < 1.29 is 26.8 Å². The number of carbonyl (C=O) groups excluding carboxylic acids is 2. The molecule has 10 heteroatoms. The van der Waals surface area contributed by atoms with Crippen LogP contribution in [0.5, 0.6) is 0 Å². The van der Waals surface area contributed by atoms with Crippen LogP contribution in [-0.2, 0) is 14.8 Å². The van der Waals surface area contributed by atoms with Gasteiger partial charge in [0.05, 0.1) is 16.7 Å². The van der Waals surface area contributed by atoms with Gasteiger partial charge in [0.25, 0.3) is 5.91 Å². The third kappa shape index (κ3) is 4.23. The molecule has 150 valence electrons. The second-order valence-electron chi connectivity index (χ2n) is 6.47. The van der Waals surface area contributed by atoms with Crippen molar-refractivity contribution in [3.63, 3.8) is 0 Å². The maximum Gasteiger partial charge on any atom is 0.273 e. The molecule has 0 bridgehead atoms. The number of piperidine rings is 1. The number of rotatable bonds is 4. The fourth-order valence-electron chi connectivity index (χ4n) is 3.02. The Morgan fingerprint density at radius 2 is 1.75 bits per heavy atom. The predicted molar refractivity (Wildman–Crippen MR) is 96.9 cm³/mol. The average Bonchev–Trinajstić information content (AvgIpc) is 3.12. The normalized spacial score (nSPS) is 15.9. The summed E-state index contributed by atoms with van der Waals surface area (Å²) in [4.78, 5) is 24.3. The van der Waals surface area contributed by atoms with Crippen molar-refractivity contribution in [1.29, 1.82) is 0 Å². The summed E-state index contributed by atoms with van der Waals surface area (Å²) in [5, 5.41) is 0. The van der Waals surface area contributed by atoms with Gasteiger partial charge in [-0.15, -0.1) is 0 Å². The molecule has 2 amide bonds. The zero-order valence-electron chi connectivity index (χ0n) is 15.1. The Hall–Kier alpha value is -2.72. The Morgan fingerprint density at radius 1 is 1.11 bits per heavy atom. The number of carbonyl (C=O) groups is 2. The van der Waals surface area contributed by atoms with E-state index in [1.54, 1.807) is 6.92 Å². The van der Waals surface area contributed by atoms with Gasteiger partial charge in [0.2, 0.25) is 15.9 Å². The molecule has 3 rings (SSSR count). The molecular formula is C18H20FN3O5S. The van der Waals surface area contributed by atoms with Crippen molar-refractivity contribution in [3.05, 3.63) is 53.7 Å². The number of aryl methyl sites for hydroxylation is 1. The number of benzene rings is 1. The van der Waals surface area contributed by atoms with E-state index in [2.05, 4.69) is 10.9 Å². The molecule has 0 spiro atoms. The molecule has 1 fully saturated rings. The summed E-state index contributed by atoms with van der Waals surface area (Å²) in [6.45, 7) is 1.95. The lowest BCUT2D eigenvalue weighted by atomic mass is 9.98. The summed E-state index contributed by atoms with van der Waals surface area (Å²) in [6, 6.07) is 6.12. The third-order valence-electron chi connectivity index (χ3n) is 4.68. The molecule has 0 unspecified atom stereocenters. The van der Waals surface area contributed by atoms with Crippen LogP contribution in [-0.4, -0.2) is 37.6 Å². The summed E-state index contributed by atoms with van der Waals surface area (Å²) in [5.74, 6) is -1.37. The third-order valence-corrected chi connectivity index (χ3v) is 6.59. The summed E-state index contributed by atoms with van der Waals surface area (Å²) in [6.07, 6.45) is 2.00. The number of sulfonamides is 1. The molecule has 1 aromatic carbocycles. The van der Waals surface area contributed by atoms with Crippen molar-refractivity contribution >= 4 is 21.8 Å². The van der Waals surface area contributed by atoms with Crippen molar-refractivity contribution in [2.45, 2.75) is 24.7 Å². The number of hydrogen-bond acceptors (Lipinski definition) is 5. The molecule has 0 saturated carbocycles. The molecule has 0 atom stereocenters. The minimum atomic E-state index is -3.73. The van der Waals surface area contributed by atoms with Crippen LogP contribution in [0.3, 0.4) is 0 Å². The lowest BCUT2D eigenvalue weighted by Gasteiger charge is -2.30. The van der Waals surface area contributed by atoms with Gasteiger partial charge < -0.3 is 4.42 Å². The lowest BCUT2D eigenvalue weighted by molar-refractivity contribution is -0.126. The minimum absolute atomic E-state index is 0.0135. The zero-order chi connectivity index (χ0) is 20.3. The van der Waals surface area contributed by atoms with Gasteiger partial charge in [0.15, 0.2) is 0 Å². The fraction of sp³-hybridized carbons (Fsp3) is 0.333. The van der Waals surface area contributed by atoms with E-state index in [0.717, 1.165) is 12.1 Å². The van der Waals surface area contributed by atoms with Crippen molar-refractivity contribution in [1.82, 2.24) is 15.2 Å². The Labute approximate surface area is 161 Å². The molecule has 2 aromatic rings. The van der Waals surface area contributed by atoms with Crippen LogP contribution in [0.1, 0.15) is 29.0 Å². The fourth-order valence-corrected chi connectivity index (χ4v) is 4.49. The summed E-state index contributed by atoms with van der Waals surface area (Å²) >= 11 is 0. The highest BCUT2D eigenvalue weighted by molar-refractivity contribution is 7.89. The highest BCUT2D eigenvalue weighted by atomic mass is 32.2. The van der Waals surface area contributed by atoms with Gasteiger partial charge in [-0.05, 0) is 50.1 Å². The van der Waals surface area contributed by atoms with E-state index < -0.39 is 27.7 Å². The van der Waals surface area contributed by atoms with E-state index in [9.17, 15) is 22.4 Å². The SMILES string of the molecule is Cc1occc1C(=O)NNC(=O)C1CCN(S(=O)(=O)c2ccc(F)cc2)CC1. The first-order chi connectivity index (χ1) is 13.3. The minimum Gasteiger partial charge on any atom is -0.469 e. The first-order valence-corrected chi connectivity index (χ1v) is 10.1. The van der Waals surface area contributed by atoms with Crippen molar-refractivity contribution in [2.24, 2.45) is 5.92 Å². The van der Waals surface area contributed by atoms with Crippen LogP contribution in [0.25, 0.3) is 0 Å². The predicted octanol–water partition coefficient (Wildman–Crippen LogP) is 1.59. The molecular weight excluding hydrogens is 389 g/mol. The number of furan rings is 1. The smallest absolute Gasteiger partial charge is 0.273 e. The van der Waals surface area contributed by atoms with Gasteiger partial charge >= 0.3 is 0 Å². The van der Waals surface area contributed by atoms with Gasteiger partial charge in [-0.3, -0.25) is 20.4 Å². The molecule has 28 heavy (non-hydrogen) atoms. The van der Waals surface area contributed by atoms with Crippen molar-refractivity contribution in [2.75, 3.05) is 13.1 Å². The van der Waals surface area contributed by atoms with Crippen LogP contribution in [0.2, 0.25) is 0 Å². The van der Waals surface area contributed by atoms with Crippen LogP contribution >= 0.6 is 0 Å². The van der Waals surface area contributed by atoms with Crippen LogP contribution in [0.15, 0.2) is 45.9 Å². The second kappa shape index (κ2) is 8.11. The molecule has 0 aliphatic carbocycles. The Balaban J connectivity index is 1.53. The van der Waals surface area contributed by atoms with Crippen molar-refractivity contribution in [3.8, 4) is 0 Å². The Kier molecular flexibility index (Phi) is 5.80. The van der Waals surface area contributed by atoms with Gasteiger partial charge in [-0.25, -0.2) is 12.8 Å². The number of nitrogens with one attached hydrogen (secondary N) is 2. The zero-order valence-corrected chi connectivity index (χ0v) is 16.0. The number of hydrazine groups is 1. The monoisotopic (exact) mass is 409 g/mol. The van der Waals surface area contributed by atoms with Crippen LogP contribution in [0, 0.1) is 18.7 Å². The van der Waals surface area contributed by atoms with E-state index in [0.29, 0.717) is 24.2 Å². The number of halogens is 1. The summed E-state index contributed by atoms with van der Waals surface area (Å²) < 4.78 is 44.5. The highest BCUT2D eigenvalue weighted by Crippen LogP contribution is 2.24. The first-order valence-electron chi connectivity index (χ1n) is 8.69. The van der Waals surface area contributed by atoms with E-state index in [-0.39, 0.29) is 23.9 Å². The largest absolute Gasteiger partial charge is 0.469 e. The van der Waals surface area contributed by atoms with Crippen LogP contribution < -0.4 is 10.9 Å². The number of hydrogen-bond donors (Lipinski definition) is 2. The van der Waals surface area contributed by atoms with Gasteiger partial charge in [-0.2, -0.15) is 4.31 Å². The van der Waals surface area contributed by atoms with Gasteiger partial charge in [0.1, 0.15) is 11.6 Å². The molecule has 1 aliphatic rings. The standard InChI is InChI=1S/C18H20FN3O5S/c1-12-16(8-11-27-12)18(24)21-20-17(23)13-6-9-22(10-7-13)28(25,26)15-4-2-14(19)3-5-15/h2-5,8,11,13H,6-7,9-10H2,1H3,(H,20,23)(H,21,24). The van der Waals surface area contributed by atoms with Crippen LogP contribution in [0.4, 0.5) is 4.39 Å². The first kappa shape index (κ1) is 20.0. The summed E-state index contributed by atoms with van der Waals surface area (Å²) in [5.41, 5.74) is 5.02. The van der Waals surface area contributed by atoms with E-state index in [4.69, 9.17) is 4.42 Å². The molecule has 2 N–H and O–H groups in total. The molecule has 2 heterocycles. The average molecular weight is 409 g/mol. The quantitative estimate of drug-likeness (QED) is 0.746. The van der Waals surface area contributed by atoms with Gasteiger partial charge in [0, 0.05) is 19.0 Å². The topological polar surface area (TPSA) is 109 Å². The van der Waals surface area contributed by atoms with Gasteiger partial charge in [-0.1, -0.05) is 0 Å². The maximum absolute atomic E-state index is 13.0. The Bertz CT molecular complexity index is 963. The van der Waals surface area contributed by atoms with E-state index in [1.807, 2.05) is 0 Å². The Morgan fingerprint density at radius 3 is 2.32 bits per heavy atom.